The van der Waals surface area contributed by atoms with Gasteiger partial charge in [0.25, 0.3) is 5.91 Å². The van der Waals surface area contributed by atoms with Crippen molar-refractivity contribution < 1.29 is 9.59 Å². The topological polar surface area (TPSA) is 82.6 Å². The van der Waals surface area contributed by atoms with Crippen LogP contribution in [0.1, 0.15) is 30.9 Å². The van der Waals surface area contributed by atoms with E-state index in [0.29, 0.717) is 17.7 Å². The fourth-order valence-electron chi connectivity index (χ4n) is 3.83. The Kier molecular flexibility index (Phi) is 4.47. The summed E-state index contributed by atoms with van der Waals surface area (Å²) in [6, 6.07) is 16.1. The number of amides is 2. The van der Waals surface area contributed by atoms with Crippen molar-refractivity contribution in [3.63, 3.8) is 0 Å². The summed E-state index contributed by atoms with van der Waals surface area (Å²) < 4.78 is 0. The smallest absolute Gasteiger partial charge is 0.275 e. The molecule has 0 aromatic heterocycles. The summed E-state index contributed by atoms with van der Waals surface area (Å²) in [5.74, 6) is 0.105. The van der Waals surface area contributed by atoms with Gasteiger partial charge >= 0.3 is 0 Å². The van der Waals surface area contributed by atoms with Crippen molar-refractivity contribution in [1.29, 1.82) is 0 Å². The first-order valence-electron chi connectivity index (χ1n) is 10.1. The summed E-state index contributed by atoms with van der Waals surface area (Å²) >= 11 is 0. The highest BCUT2D eigenvalue weighted by atomic mass is 16.2. The number of hydrazone groups is 1. The van der Waals surface area contributed by atoms with Gasteiger partial charge in [0.2, 0.25) is 5.91 Å². The number of rotatable bonds is 4. The summed E-state index contributed by atoms with van der Waals surface area (Å²) in [4.78, 5) is 24.2. The second kappa shape index (κ2) is 7.30. The maximum absolute atomic E-state index is 12.3. The molecule has 150 valence electrons. The van der Waals surface area contributed by atoms with E-state index >= 15 is 0 Å². The van der Waals surface area contributed by atoms with Gasteiger partial charge in [0.15, 0.2) is 0 Å². The Morgan fingerprint density at radius 1 is 1.13 bits per heavy atom. The zero-order valence-corrected chi connectivity index (χ0v) is 16.7. The summed E-state index contributed by atoms with van der Waals surface area (Å²) in [7, 11) is 0. The Bertz CT molecular complexity index is 1140. The van der Waals surface area contributed by atoms with E-state index in [0.717, 1.165) is 46.6 Å². The molecule has 0 spiro atoms. The third kappa shape index (κ3) is 3.52. The lowest BCUT2D eigenvalue weighted by molar-refractivity contribution is -0.117. The molecule has 3 aliphatic rings. The van der Waals surface area contributed by atoms with E-state index in [1.54, 1.807) is 0 Å². The predicted octanol–water partition coefficient (Wildman–Crippen LogP) is 3.85. The van der Waals surface area contributed by atoms with Gasteiger partial charge in [-0.15, -0.1) is 0 Å². The van der Waals surface area contributed by atoms with Gasteiger partial charge in [-0.3, -0.25) is 9.59 Å². The lowest BCUT2D eigenvalue weighted by Crippen LogP contribution is -2.19. The molecule has 1 fully saturated rings. The van der Waals surface area contributed by atoms with E-state index in [4.69, 9.17) is 0 Å². The van der Waals surface area contributed by atoms with Gasteiger partial charge in [-0.05, 0) is 61.6 Å². The normalized spacial score (nSPS) is 20.0. The maximum Gasteiger partial charge on any atom is 0.275 e. The summed E-state index contributed by atoms with van der Waals surface area (Å²) in [5, 5.41) is 10.4. The van der Waals surface area contributed by atoms with Crippen molar-refractivity contribution in [3.8, 4) is 0 Å². The van der Waals surface area contributed by atoms with E-state index in [1.165, 1.54) is 0 Å². The van der Waals surface area contributed by atoms with Crippen molar-refractivity contribution in [3.05, 3.63) is 77.0 Å². The molecule has 0 radical (unpaired) electrons. The number of nitrogens with one attached hydrogen (secondary N) is 3. The molecule has 2 heterocycles. The van der Waals surface area contributed by atoms with Crippen LogP contribution < -0.4 is 16.1 Å². The molecule has 2 amide bonds. The first kappa shape index (κ1) is 18.4. The number of benzene rings is 2. The molecule has 0 bridgehead atoms. The van der Waals surface area contributed by atoms with Gasteiger partial charge in [0.1, 0.15) is 0 Å². The molecule has 0 unspecified atom stereocenters. The number of hydrogen-bond acceptors (Lipinski definition) is 4. The Hall–Kier alpha value is -3.67. The van der Waals surface area contributed by atoms with Crippen LogP contribution in [0.5, 0.6) is 0 Å². The predicted molar refractivity (Wildman–Crippen MR) is 118 cm³/mol. The molecule has 6 heteroatoms. The van der Waals surface area contributed by atoms with Gasteiger partial charge in [-0.25, -0.2) is 5.43 Å². The molecule has 1 saturated carbocycles. The second-order valence-corrected chi connectivity index (χ2v) is 7.90. The van der Waals surface area contributed by atoms with Gasteiger partial charge < -0.3 is 10.6 Å². The summed E-state index contributed by atoms with van der Waals surface area (Å²) in [6.07, 6.45) is 4.73. The molecule has 2 aromatic rings. The highest BCUT2D eigenvalue weighted by molar-refractivity contribution is 6.25. The van der Waals surface area contributed by atoms with E-state index in [1.807, 2.05) is 55.5 Å². The number of para-hydroxylation sites is 1. The largest absolute Gasteiger partial charge is 0.354 e. The van der Waals surface area contributed by atoms with Gasteiger partial charge in [0.05, 0.1) is 17.0 Å². The summed E-state index contributed by atoms with van der Waals surface area (Å²) in [6.45, 7) is 1.82. The van der Waals surface area contributed by atoms with Gasteiger partial charge in [0, 0.05) is 22.9 Å². The first-order chi connectivity index (χ1) is 14.6. The molecule has 2 aromatic carbocycles. The maximum atomic E-state index is 12.3. The fraction of sp³-hybridized carbons (Fsp3) is 0.208. The van der Waals surface area contributed by atoms with Crippen LogP contribution in [0.2, 0.25) is 0 Å². The molecule has 3 N–H and O–H groups in total. The number of carbonyl (C=O) groups excluding carboxylic acids is 2. The van der Waals surface area contributed by atoms with Crippen LogP contribution in [0.15, 0.2) is 71.0 Å². The fourth-order valence-corrected chi connectivity index (χ4v) is 3.83. The Labute approximate surface area is 174 Å². The summed E-state index contributed by atoms with van der Waals surface area (Å²) in [5.41, 5.74) is 9.69. The molecule has 0 saturated heterocycles. The Morgan fingerprint density at radius 2 is 1.90 bits per heavy atom. The third-order valence-corrected chi connectivity index (χ3v) is 5.61. The first-order valence-corrected chi connectivity index (χ1v) is 10.1. The number of anilines is 2. The van der Waals surface area contributed by atoms with Gasteiger partial charge in [-0.2, -0.15) is 5.10 Å². The van der Waals surface area contributed by atoms with Gasteiger partial charge in [-0.1, -0.05) is 30.3 Å². The van der Waals surface area contributed by atoms with Crippen molar-refractivity contribution in [2.45, 2.75) is 26.2 Å². The lowest BCUT2D eigenvalue weighted by atomic mass is 9.91. The number of nitrogens with zero attached hydrogens (tertiary/aromatic N) is 1. The zero-order chi connectivity index (χ0) is 20.7. The molecule has 2 aliphatic heterocycles. The number of fused-ring (bicyclic) bond motifs is 1. The van der Waals surface area contributed by atoms with Crippen LogP contribution >= 0.6 is 0 Å². The SMILES string of the molecule is CC1=NNC(=O)C1=C1C=C(Cc2ccc(NC(=O)C3CC3)cc2)c2ccccc2N1. The van der Waals surface area contributed by atoms with E-state index in [-0.39, 0.29) is 17.7 Å². The second-order valence-electron chi connectivity index (χ2n) is 7.90. The van der Waals surface area contributed by atoms with Crippen LogP contribution in [-0.2, 0) is 16.0 Å². The monoisotopic (exact) mass is 398 g/mol. The van der Waals surface area contributed by atoms with Crippen molar-refractivity contribution in [2.24, 2.45) is 11.0 Å². The van der Waals surface area contributed by atoms with Crippen LogP contribution in [0, 0.1) is 5.92 Å². The molecule has 5 rings (SSSR count). The number of hydrogen-bond donors (Lipinski definition) is 3. The zero-order valence-electron chi connectivity index (χ0n) is 16.7. The molecular formula is C24H22N4O2. The molecule has 1 aliphatic carbocycles. The Balaban J connectivity index is 1.44. The van der Waals surface area contributed by atoms with Crippen LogP contribution in [0.4, 0.5) is 11.4 Å². The van der Waals surface area contributed by atoms with E-state index < -0.39 is 0 Å². The van der Waals surface area contributed by atoms with Crippen LogP contribution in [-0.4, -0.2) is 17.5 Å². The highest BCUT2D eigenvalue weighted by Crippen LogP contribution is 2.35. The third-order valence-electron chi connectivity index (χ3n) is 5.61. The average Bonchev–Trinajstić information content (AvgIpc) is 3.54. The minimum atomic E-state index is -0.194. The molecule has 6 nitrogen and oxygen atoms in total. The minimum absolute atomic E-state index is 0.112. The van der Waals surface area contributed by atoms with E-state index in [9.17, 15) is 9.59 Å². The standard InChI is InChI=1S/C24H22N4O2/c1-14-22(24(30)28-27-14)21-13-17(19-4-2-3-5-20(19)26-21)12-15-6-10-18(11-7-15)25-23(29)16-8-9-16/h2-7,10-11,13,16,26H,8-9,12H2,1H3,(H,25,29)(H,28,30). The molecular weight excluding hydrogens is 376 g/mol. The highest BCUT2D eigenvalue weighted by Gasteiger charge is 2.29. The number of allylic oxidation sites excluding steroid dienone is 2. The Morgan fingerprint density at radius 3 is 2.60 bits per heavy atom. The van der Waals surface area contributed by atoms with Crippen molar-refractivity contribution in [2.75, 3.05) is 10.6 Å². The van der Waals surface area contributed by atoms with Crippen LogP contribution in [0.3, 0.4) is 0 Å². The van der Waals surface area contributed by atoms with E-state index in [2.05, 4.69) is 27.2 Å². The molecule has 30 heavy (non-hydrogen) atoms. The minimum Gasteiger partial charge on any atom is -0.354 e. The lowest BCUT2D eigenvalue weighted by Gasteiger charge is -2.23. The van der Waals surface area contributed by atoms with Crippen LogP contribution in [0.25, 0.3) is 5.57 Å². The average molecular weight is 398 g/mol. The van der Waals surface area contributed by atoms with Crippen molar-refractivity contribution >= 4 is 34.5 Å². The number of carbonyl (C=O) groups is 2. The quantitative estimate of drug-likeness (QED) is 0.684. The van der Waals surface area contributed by atoms with Crippen molar-refractivity contribution in [1.82, 2.24) is 5.43 Å². The molecule has 0 atom stereocenters.